The van der Waals surface area contributed by atoms with Crippen LogP contribution >= 0.6 is 15.6 Å². The number of aliphatic hydroxyl groups is 1. The number of phosphoric acid groups is 2. The average molecular weight is 1560 g/mol. The predicted octanol–water partition coefficient (Wildman–Crippen LogP) is 25.5. The Labute approximate surface area is 657 Å². The average Bonchev–Trinajstić information content (AvgIpc) is 0.892. The normalized spacial score (nSPS) is 14.4. The van der Waals surface area contributed by atoms with E-state index in [4.69, 9.17) is 37.0 Å². The van der Waals surface area contributed by atoms with Gasteiger partial charge in [0.05, 0.1) is 26.4 Å². The minimum atomic E-state index is -4.99. The lowest BCUT2D eigenvalue weighted by Gasteiger charge is -2.21. The largest absolute Gasteiger partial charge is 0.472 e. The Balaban J connectivity index is 5.38. The number of carbonyl (C=O) groups is 4. The van der Waals surface area contributed by atoms with E-state index in [0.717, 1.165) is 212 Å². The Bertz CT molecular complexity index is 2520. The lowest BCUT2D eigenvalue weighted by molar-refractivity contribution is -0.161. The smallest absolute Gasteiger partial charge is 0.462 e. The van der Waals surface area contributed by atoms with Gasteiger partial charge in [0.15, 0.2) is 12.2 Å². The number of unbranched alkanes of at least 4 members (excludes halogenated alkanes) is 34. The summed E-state index contributed by atoms with van der Waals surface area (Å²) in [4.78, 5) is 73.3. The number of rotatable bonds is 80. The Morgan fingerprint density at radius 2 is 0.481 bits per heavy atom. The molecule has 622 valence electrons. The second kappa shape index (κ2) is 80.5. The number of carbonyl (C=O) groups excluding carboxylic acids is 4. The van der Waals surface area contributed by atoms with E-state index in [2.05, 4.69) is 149 Å². The second-order valence-electron chi connectivity index (χ2n) is 28.4. The van der Waals surface area contributed by atoms with Crippen molar-refractivity contribution in [2.45, 2.75) is 380 Å². The molecule has 0 fully saturated rings. The van der Waals surface area contributed by atoms with E-state index in [1.807, 2.05) is 0 Å². The molecule has 0 aliphatic rings. The maximum atomic E-state index is 13.1. The Hall–Kier alpha value is -4.54. The fourth-order valence-corrected chi connectivity index (χ4v) is 13.0. The molecule has 0 amide bonds. The number of phosphoric ester groups is 2. The summed E-state index contributed by atoms with van der Waals surface area (Å²) in [6.45, 7) is 4.64. The Morgan fingerprint density at radius 1 is 0.269 bits per heavy atom. The summed E-state index contributed by atoms with van der Waals surface area (Å²) in [5.74, 6) is -2.20. The van der Waals surface area contributed by atoms with Crippen LogP contribution in [-0.4, -0.2) is 96.7 Å². The fraction of sp³-hybridized carbons (Fsp3) is 0.730. The van der Waals surface area contributed by atoms with E-state index in [-0.39, 0.29) is 25.7 Å². The first-order valence-corrected chi connectivity index (χ1v) is 45.8. The second-order valence-corrected chi connectivity index (χ2v) is 31.3. The topological polar surface area (TPSA) is 237 Å². The molecular weight excluding hydrogens is 1400 g/mol. The molecule has 0 aliphatic carbocycles. The zero-order chi connectivity index (χ0) is 78.9. The van der Waals surface area contributed by atoms with Crippen LogP contribution in [0.15, 0.2) is 122 Å². The number of hydrogen-bond donors (Lipinski definition) is 3. The number of allylic oxidation sites excluding steroid dienone is 20. The summed E-state index contributed by atoms with van der Waals surface area (Å²) in [6, 6.07) is 0. The van der Waals surface area contributed by atoms with Gasteiger partial charge >= 0.3 is 39.5 Å². The standard InChI is InChI=1S/C89H154O17P2/c1-5-9-13-17-21-25-29-33-36-39-41-44-47-51-54-58-62-66-70-74-87(92)100-80-85(106-89(94)76-72-68-64-60-56-52-48-45-42-40-37-34-30-26-22-18-14-10-6-2)82-104-108(97,98)102-78-83(90)77-101-107(95,96)103-81-84(105-88(93)75-71-67-63-59-55-49-32-28-24-20-16-12-8-4)79-99-86(91)73-69-65-61-57-53-50-46-43-38-35-31-27-23-19-15-11-7-3/h9,11,13,15,21-23,25-27,33-38,41-42,44-45,83-85,90H,5-8,10,12,14,16-20,24,28-32,39-40,43,46-82H2,1-4H3,(H,95,96)(H,97,98)/b13-9-,15-11-,25-21-,26-22-,27-23-,36-33-,37-34-,38-35-,44-41-,45-42-. The molecule has 3 N–H and O–H groups in total. The molecule has 0 aromatic carbocycles. The van der Waals surface area contributed by atoms with Crippen molar-refractivity contribution in [1.29, 1.82) is 0 Å². The first kappa shape index (κ1) is 103. The van der Waals surface area contributed by atoms with E-state index in [0.29, 0.717) is 25.7 Å². The summed E-state index contributed by atoms with van der Waals surface area (Å²) in [6.07, 6.45) is 90.1. The molecule has 17 nitrogen and oxygen atoms in total. The van der Waals surface area contributed by atoms with Crippen molar-refractivity contribution in [3.05, 3.63) is 122 Å². The van der Waals surface area contributed by atoms with E-state index in [1.165, 1.54) is 70.6 Å². The lowest BCUT2D eigenvalue weighted by atomic mass is 10.0. The minimum Gasteiger partial charge on any atom is -0.462 e. The third kappa shape index (κ3) is 79.5. The van der Waals surface area contributed by atoms with Gasteiger partial charge in [-0.1, -0.05) is 323 Å². The summed E-state index contributed by atoms with van der Waals surface area (Å²) in [7, 11) is -9.97. The van der Waals surface area contributed by atoms with Crippen LogP contribution in [0.3, 0.4) is 0 Å². The van der Waals surface area contributed by atoms with Crippen LogP contribution in [0.4, 0.5) is 0 Å². The number of ether oxygens (including phenoxy) is 4. The van der Waals surface area contributed by atoms with Crippen molar-refractivity contribution in [3.63, 3.8) is 0 Å². The summed E-state index contributed by atoms with van der Waals surface area (Å²) < 4.78 is 68.8. The van der Waals surface area contributed by atoms with Crippen molar-refractivity contribution in [1.82, 2.24) is 0 Å². The molecule has 0 heterocycles. The van der Waals surface area contributed by atoms with Gasteiger partial charge in [-0.05, 0) is 135 Å². The van der Waals surface area contributed by atoms with Crippen LogP contribution in [-0.2, 0) is 65.4 Å². The van der Waals surface area contributed by atoms with Crippen molar-refractivity contribution in [2.75, 3.05) is 39.6 Å². The van der Waals surface area contributed by atoms with Crippen LogP contribution in [0.2, 0.25) is 0 Å². The molecule has 0 rings (SSSR count). The number of aliphatic hydroxyl groups excluding tert-OH is 1. The van der Waals surface area contributed by atoms with Crippen LogP contribution in [0.25, 0.3) is 0 Å². The SMILES string of the molecule is CC/C=C\C/C=C\C/C=C\C/C=C\CCCCCCCCC(=O)OCC(COP(=O)(O)OCC(O)COP(=O)(O)OCC(COC(=O)CCCCCCCCC/C=C\C/C=C\C/C=C\CC)OC(=O)CCCCCCCCCCCCCCC)OC(=O)CCCCCCCC/C=C\C/C=C\C/C=C\CCCCC. The molecule has 0 bridgehead atoms. The van der Waals surface area contributed by atoms with Crippen LogP contribution < -0.4 is 0 Å². The first-order valence-electron chi connectivity index (χ1n) is 42.8. The van der Waals surface area contributed by atoms with Gasteiger partial charge in [-0.25, -0.2) is 9.13 Å². The number of hydrogen-bond acceptors (Lipinski definition) is 15. The van der Waals surface area contributed by atoms with E-state index >= 15 is 0 Å². The van der Waals surface area contributed by atoms with Crippen molar-refractivity contribution in [3.8, 4) is 0 Å². The maximum Gasteiger partial charge on any atom is 0.472 e. The lowest BCUT2D eigenvalue weighted by Crippen LogP contribution is -2.30. The highest BCUT2D eigenvalue weighted by molar-refractivity contribution is 7.47. The van der Waals surface area contributed by atoms with Gasteiger partial charge in [0.1, 0.15) is 19.3 Å². The molecule has 5 atom stereocenters. The summed E-state index contributed by atoms with van der Waals surface area (Å²) in [5, 5.41) is 10.7. The molecule has 0 aromatic heterocycles. The minimum absolute atomic E-state index is 0.0756. The van der Waals surface area contributed by atoms with E-state index < -0.39 is 97.5 Å². The molecule has 0 saturated carbocycles. The molecule has 0 aliphatic heterocycles. The predicted molar refractivity (Wildman–Crippen MR) is 445 cm³/mol. The third-order valence-electron chi connectivity index (χ3n) is 17.9. The zero-order valence-electron chi connectivity index (χ0n) is 68.2. The molecule has 5 unspecified atom stereocenters. The molecule has 0 aromatic rings. The first-order chi connectivity index (χ1) is 52.7. The highest BCUT2D eigenvalue weighted by atomic mass is 31.2. The van der Waals surface area contributed by atoms with Crippen LogP contribution in [0.5, 0.6) is 0 Å². The molecular formula is C89H154O17P2. The van der Waals surface area contributed by atoms with Gasteiger partial charge < -0.3 is 33.8 Å². The van der Waals surface area contributed by atoms with Crippen molar-refractivity contribution in [2.24, 2.45) is 0 Å². The van der Waals surface area contributed by atoms with Gasteiger partial charge in [-0.15, -0.1) is 0 Å². The van der Waals surface area contributed by atoms with Gasteiger partial charge in [0.25, 0.3) is 0 Å². The molecule has 19 heteroatoms. The van der Waals surface area contributed by atoms with E-state index in [9.17, 15) is 43.2 Å². The third-order valence-corrected chi connectivity index (χ3v) is 19.8. The van der Waals surface area contributed by atoms with E-state index in [1.54, 1.807) is 0 Å². The molecule has 0 saturated heterocycles. The Kier molecular flexibility index (Phi) is 77.1. The molecule has 0 spiro atoms. The number of esters is 4. The monoisotopic (exact) mass is 1560 g/mol. The van der Waals surface area contributed by atoms with Crippen LogP contribution in [0, 0.1) is 0 Å². The maximum absolute atomic E-state index is 13.1. The molecule has 0 radical (unpaired) electrons. The van der Waals surface area contributed by atoms with Gasteiger partial charge in [0, 0.05) is 25.7 Å². The quantitative estimate of drug-likeness (QED) is 0.0169. The van der Waals surface area contributed by atoms with Crippen molar-refractivity contribution < 1.29 is 80.2 Å². The highest BCUT2D eigenvalue weighted by Gasteiger charge is 2.30. The zero-order valence-corrected chi connectivity index (χ0v) is 70.0. The highest BCUT2D eigenvalue weighted by Crippen LogP contribution is 2.45. The van der Waals surface area contributed by atoms with Gasteiger partial charge in [-0.3, -0.25) is 37.3 Å². The summed E-state index contributed by atoms with van der Waals surface area (Å²) in [5.41, 5.74) is 0. The Morgan fingerprint density at radius 3 is 0.759 bits per heavy atom. The van der Waals surface area contributed by atoms with Gasteiger partial charge in [0.2, 0.25) is 0 Å². The fourth-order valence-electron chi connectivity index (χ4n) is 11.5. The van der Waals surface area contributed by atoms with Gasteiger partial charge in [-0.2, -0.15) is 0 Å². The molecule has 108 heavy (non-hydrogen) atoms. The summed E-state index contributed by atoms with van der Waals surface area (Å²) >= 11 is 0. The van der Waals surface area contributed by atoms with Crippen molar-refractivity contribution >= 4 is 39.5 Å². The van der Waals surface area contributed by atoms with Crippen LogP contribution in [0.1, 0.15) is 362 Å².